The molecule has 3 heterocycles. The zero-order valence-corrected chi connectivity index (χ0v) is 21.9. The van der Waals surface area contributed by atoms with E-state index in [-0.39, 0.29) is 12.7 Å². The Labute approximate surface area is 222 Å². The lowest BCUT2D eigenvalue weighted by Crippen LogP contribution is -2.41. The van der Waals surface area contributed by atoms with Gasteiger partial charge in [-0.2, -0.15) is 0 Å². The number of carbonyl (C=O) groups excluding carboxylic acids is 1. The van der Waals surface area contributed by atoms with Crippen LogP contribution in [0, 0.1) is 5.92 Å². The molecule has 0 aliphatic carbocycles. The zero-order chi connectivity index (χ0) is 26.2. The summed E-state index contributed by atoms with van der Waals surface area (Å²) in [4.78, 5) is 17.5. The Morgan fingerprint density at radius 3 is 2.71 bits per heavy atom. The number of ether oxygens (including phenoxy) is 4. The standard InChI is InChI=1S/C30H34N2O6/c1-35-26-7-6-23-20(4-3-5-24(23)29(26)36-2)12-22(33)17-31-10-8-19(15-31)16-32-11-9-21-13-27-28(38-18-37-27)14-25(21)30(32)34/h3-7,13-14,19,22,33H,8-12,15-18H2,1-2H3. The van der Waals surface area contributed by atoms with Crippen molar-refractivity contribution in [1.29, 1.82) is 0 Å². The van der Waals surface area contributed by atoms with Crippen molar-refractivity contribution in [2.45, 2.75) is 25.4 Å². The van der Waals surface area contributed by atoms with Crippen molar-refractivity contribution in [3.63, 3.8) is 0 Å². The van der Waals surface area contributed by atoms with Gasteiger partial charge in [-0.15, -0.1) is 0 Å². The first kappa shape index (κ1) is 24.8. The summed E-state index contributed by atoms with van der Waals surface area (Å²) < 4.78 is 22.0. The number of methoxy groups -OCH3 is 2. The van der Waals surface area contributed by atoms with E-state index < -0.39 is 6.10 Å². The minimum absolute atomic E-state index is 0.0750. The number of fused-ring (bicyclic) bond motifs is 3. The number of likely N-dealkylation sites (tertiary alicyclic amines) is 1. The van der Waals surface area contributed by atoms with Crippen LogP contribution in [0.2, 0.25) is 0 Å². The van der Waals surface area contributed by atoms with Crippen LogP contribution >= 0.6 is 0 Å². The first-order valence-electron chi connectivity index (χ1n) is 13.3. The Morgan fingerprint density at radius 2 is 1.89 bits per heavy atom. The van der Waals surface area contributed by atoms with Gasteiger partial charge in [0.25, 0.3) is 5.91 Å². The molecule has 0 spiro atoms. The highest BCUT2D eigenvalue weighted by Gasteiger charge is 2.32. The molecule has 3 aliphatic rings. The number of rotatable bonds is 8. The van der Waals surface area contributed by atoms with Crippen LogP contribution in [0.5, 0.6) is 23.0 Å². The Bertz CT molecular complexity index is 1360. The van der Waals surface area contributed by atoms with Gasteiger partial charge in [-0.3, -0.25) is 4.79 Å². The number of carbonyl (C=O) groups is 1. The van der Waals surface area contributed by atoms with Gasteiger partial charge in [0.15, 0.2) is 23.0 Å². The largest absolute Gasteiger partial charge is 0.493 e. The molecule has 2 atom stereocenters. The fourth-order valence-corrected chi connectivity index (χ4v) is 6.17. The first-order chi connectivity index (χ1) is 18.5. The molecular weight excluding hydrogens is 484 g/mol. The molecule has 0 aromatic heterocycles. The third-order valence-electron chi connectivity index (χ3n) is 8.03. The second-order valence-electron chi connectivity index (χ2n) is 10.4. The number of amides is 1. The van der Waals surface area contributed by atoms with Crippen molar-refractivity contribution < 1.29 is 28.8 Å². The van der Waals surface area contributed by atoms with Crippen molar-refractivity contribution in [3.8, 4) is 23.0 Å². The minimum atomic E-state index is -0.486. The summed E-state index contributed by atoms with van der Waals surface area (Å²) >= 11 is 0. The molecule has 1 N–H and O–H groups in total. The topological polar surface area (TPSA) is 80.7 Å². The van der Waals surface area contributed by atoms with Crippen LogP contribution in [-0.4, -0.2) is 80.7 Å². The van der Waals surface area contributed by atoms with E-state index in [2.05, 4.69) is 11.0 Å². The molecule has 200 valence electrons. The number of aliphatic hydroxyl groups excluding tert-OH is 1. The molecule has 2 unspecified atom stereocenters. The Kier molecular flexibility index (Phi) is 6.76. The summed E-state index contributed by atoms with van der Waals surface area (Å²) in [6, 6.07) is 13.8. The summed E-state index contributed by atoms with van der Waals surface area (Å²) in [6.45, 7) is 4.10. The van der Waals surface area contributed by atoms with Gasteiger partial charge >= 0.3 is 0 Å². The van der Waals surface area contributed by atoms with Crippen LogP contribution in [0.25, 0.3) is 10.8 Å². The van der Waals surface area contributed by atoms with Gasteiger partial charge < -0.3 is 33.9 Å². The SMILES string of the molecule is COc1ccc2c(CC(O)CN3CCC(CN4CCc5cc6c(cc5C4=O)OCO6)C3)cccc2c1OC. The number of nitrogens with zero attached hydrogens (tertiary/aromatic N) is 2. The Hall–Kier alpha value is -3.49. The molecule has 38 heavy (non-hydrogen) atoms. The van der Waals surface area contributed by atoms with Gasteiger partial charge in [0.05, 0.1) is 20.3 Å². The van der Waals surface area contributed by atoms with Crippen molar-refractivity contribution >= 4 is 16.7 Å². The number of hydrogen-bond acceptors (Lipinski definition) is 7. The second-order valence-corrected chi connectivity index (χ2v) is 10.4. The van der Waals surface area contributed by atoms with Crippen LogP contribution in [0.15, 0.2) is 42.5 Å². The van der Waals surface area contributed by atoms with E-state index in [4.69, 9.17) is 18.9 Å². The van der Waals surface area contributed by atoms with Gasteiger partial charge in [-0.05, 0) is 60.0 Å². The average molecular weight is 519 g/mol. The summed E-state index contributed by atoms with van der Waals surface area (Å²) in [7, 11) is 3.28. The smallest absolute Gasteiger partial charge is 0.254 e. The van der Waals surface area contributed by atoms with Crippen LogP contribution < -0.4 is 18.9 Å². The van der Waals surface area contributed by atoms with E-state index in [0.29, 0.717) is 36.1 Å². The van der Waals surface area contributed by atoms with E-state index in [1.807, 2.05) is 41.3 Å². The van der Waals surface area contributed by atoms with Crippen LogP contribution in [-0.2, 0) is 12.8 Å². The fraction of sp³-hybridized carbons (Fsp3) is 0.433. The van der Waals surface area contributed by atoms with E-state index in [9.17, 15) is 9.90 Å². The molecule has 6 rings (SSSR count). The maximum Gasteiger partial charge on any atom is 0.254 e. The molecule has 1 saturated heterocycles. The molecule has 0 saturated carbocycles. The Morgan fingerprint density at radius 1 is 1.05 bits per heavy atom. The molecule has 8 heteroatoms. The van der Waals surface area contributed by atoms with E-state index in [0.717, 1.165) is 72.2 Å². The molecule has 3 aromatic rings. The maximum absolute atomic E-state index is 13.2. The fourth-order valence-electron chi connectivity index (χ4n) is 6.17. The third-order valence-corrected chi connectivity index (χ3v) is 8.03. The number of β-amino-alcohol motifs (C(OH)–C–C–N with tert-alkyl or cyclic N) is 1. The maximum atomic E-state index is 13.2. The zero-order valence-electron chi connectivity index (χ0n) is 21.9. The van der Waals surface area contributed by atoms with Gasteiger partial charge in [-0.25, -0.2) is 0 Å². The van der Waals surface area contributed by atoms with E-state index in [1.165, 1.54) is 0 Å². The lowest BCUT2D eigenvalue weighted by atomic mass is 9.97. The van der Waals surface area contributed by atoms with Gasteiger partial charge in [0, 0.05) is 43.5 Å². The normalized spacial score (nSPS) is 19.6. The molecule has 1 amide bonds. The van der Waals surface area contributed by atoms with Crippen molar-refractivity contribution in [2.24, 2.45) is 5.92 Å². The summed E-state index contributed by atoms with van der Waals surface area (Å²) in [6.07, 6.45) is 1.93. The number of hydrogen-bond donors (Lipinski definition) is 1. The summed E-state index contributed by atoms with van der Waals surface area (Å²) in [5.74, 6) is 3.27. The van der Waals surface area contributed by atoms with Crippen molar-refractivity contribution in [3.05, 3.63) is 59.2 Å². The summed E-state index contributed by atoms with van der Waals surface area (Å²) in [5.41, 5.74) is 2.86. The molecule has 8 nitrogen and oxygen atoms in total. The van der Waals surface area contributed by atoms with Crippen LogP contribution in [0.1, 0.15) is 27.9 Å². The highest BCUT2D eigenvalue weighted by molar-refractivity contribution is 5.97. The highest BCUT2D eigenvalue weighted by Crippen LogP contribution is 2.38. The van der Waals surface area contributed by atoms with Crippen LogP contribution in [0.3, 0.4) is 0 Å². The molecule has 3 aromatic carbocycles. The quantitative estimate of drug-likeness (QED) is 0.489. The number of benzene rings is 3. The lowest BCUT2D eigenvalue weighted by Gasteiger charge is -2.31. The summed E-state index contributed by atoms with van der Waals surface area (Å²) in [5, 5.41) is 13.0. The second kappa shape index (κ2) is 10.3. The number of aliphatic hydroxyl groups is 1. The third kappa shape index (κ3) is 4.63. The highest BCUT2D eigenvalue weighted by atomic mass is 16.7. The predicted molar refractivity (Wildman–Crippen MR) is 143 cm³/mol. The average Bonchev–Trinajstić information content (AvgIpc) is 3.57. The monoisotopic (exact) mass is 518 g/mol. The van der Waals surface area contributed by atoms with Crippen molar-refractivity contribution in [1.82, 2.24) is 9.80 Å². The van der Waals surface area contributed by atoms with E-state index in [1.54, 1.807) is 14.2 Å². The van der Waals surface area contributed by atoms with Crippen molar-refractivity contribution in [2.75, 3.05) is 53.7 Å². The van der Waals surface area contributed by atoms with Gasteiger partial charge in [0.2, 0.25) is 6.79 Å². The Balaban J connectivity index is 1.06. The molecule has 0 bridgehead atoms. The van der Waals surface area contributed by atoms with Crippen LogP contribution in [0.4, 0.5) is 0 Å². The predicted octanol–water partition coefficient (Wildman–Crippen LogP) is 3.51. The lowest BCUT2D eigenvalue weighted by molar-refractivity contribution is 0.0707. The minimum Gasteiger partial charge on any atom is -0.493 e. The first-order valence-corrected chi connectivity index (χ1v) is 13.3. The van der Waals surface area contributed by atoms with Gasteiger partial charge in [0.1, 0.15) is 0 Å². The molecular formula is C30H34N2O6. The molecule has 3 aliphatic heterocycles. The molecule has 0 radical (unpaired) electrons. The van der Waals surface area contributed by atoms with E-state index >= 15 is 0 Å². The van der Waals surface area contributed by atoms with Gasteiger partial charge in [-0.1, -0.05) is 24.3 Å². The molecule has 1 fully saturated rings.